The van der Waals surface area contributed by atoms with Crippen LogP contribution < -0.4 is 10.5 Å². The Hall–Kier alpha value is -0.950. The molecule has 1 aliphatic rings. The topological polar surface area (TPSA) is 81.4 Å². The standard InChI is InChI=1S/C14H22N2O3S/c1-19-14(7-4-8-14)11-16-20(17,18)10-13-6-3-2-5-12(13)9-15/h2-3,5-6,16H,4,7-11,15H2,1H3. The highest BCUT2D eigenvalue weighted by molar-refractivity contribution is 7.88. The quantitative estimate of drug-likeness (QED) is 0.791. The van der Waals surface area contributed by atoms with Gasteiger partial charge in [-0.2, -0.15) is 0 Å². The lowest BCUT2D eigenvalue weighted by atomic mass is 9.80. The van der Waals surface area contributed by atoms with E-state index in [1.165, 1.54) is 0 Å². The van der Waals surface area contributed by atoms with Gasteiger partial charge in [0, 0.05) is 20.2 Å². The Morgan fingerprint density at radius 1 is 1.30 bits per heavy atom. The van der Waals surface area contributed by atoms with Gasteiger partial charge in [-0.25, -0.2) is 13.1 Å². The maximum Gasteiger partial charge on any atom is 0.215 e. The minimum absolute atomic E-state index is 0.0415. The molecule has 20 heavy (non-hydrogen) atoms. The van der Waals surface area contributed by atoms with Crippen molar-refractivity contribution in [3.63, 3.8) is 0 Å². The maximum atomic E-state index is 12.2. The molecule has 0 aromatic heterocycles. The van der Waals surface area contributed by atoms with Gasteiger partial charge in [0.05, 0.1) is 11.4 Å². The first-order chi connectivity index (χ1) is 9.50. The van der Waals surface area contributed by atoms with Crippen molar-refractivity contribution in [2.24, 2.45) is 5.73 Å². The molecule has 0 radical (unpaired) electrons. The average Bonchev–Trinajstić information content (AvgIpc) is 2.38. The highest BCUT2D eigenvalue weighted by Gasteiger charge is 2.37. The molecule has 0 saturated heterocycles. The van der Waals surface area contributed by atoms with Crippen molar-refractivity contribution in [1.82, 2.24) is 4.72 Å². The van der Waals surface area contributed by atoms with E-state index in [1.54, 1.807) is 13.2 Å². The summed E-state index contributed by atoms with van der Waals surface area (Å²) in [6.07, 6.45) is 2.91. The van der Waals surface area contributed by atoms with E-state index in [4.69, 9.17) is 10.5 Å². The minimum Gasteiger partial charge on any atom is -0.377 e. The van der Waals surface area contributed by atoms with Crippen molar-refractivity contribution in [2.75, 3.05) is 13.7 Å². The molecule has 0 bridgehead atoms. The summed E-state index contributed by atoms with van der Waals surface area (Å²) >= 11 is 0. The predicted octanol–water partition coefficient (Wildman–Crippen LogP) is 1.13. The van der Waals surface area contributed by atoms with Crippen LogP contribution >= 0.6 is 0 Å². The highest BCUT2D eigenvalue weighted by atomic mass is 32.2. The molecule has 0 spiro atoms. The van der Waals surface area contributed by atoms with E-state index < -0.39 is 10.0 Å². The highest BCUT2D eigenvalue weighted by Crippen LogP contribution is 2.34. The first-order valence-corrected chi connectivity index (χ1v) is 8.45. The lowest BCUT2D eigenvalue weighted by Gasteiger charge is -2.40. The second-order valence-electron chi connectivity index (χ2n) is 5.29. The van der Waals surface area contributed by atoms with Crippen LogP contribution in [0.2, 0.25) is 0 Å². The number of hydrogen-bond acceptors (Lipinski definition) is 4. The number of sulfonamides is 1. The SMILES string of the molecule is COC1(CNS(=O)(=O)Cc2ccccc2CN)CCC1. The van der Waals surface area contributed by atoms with Gasteiger partial charge >= 0.3 is 0 Å². The monoisotopic (exact) mass is 298 g/mol. The van der Waals surface area contributed by atoms with Crippen LogP contribution in [0.15, 0.2) is 24.3 Å². The van der Waals surface area contributed by atoms with Crippen LogP contribution in [0.25, 0.3) is 0 Å². The summed E-state index contributed by atoms with van der Waals surface area (Å²) in [6.45, 7) is 0.685. The molecule has 1 saturated carbocycles. The molecule has 6 heteroatoms. The third-order valence-corrected chi connectivity index (χ3v) is 5.27. The van der Waals surface area contributed by atoms with Crippen molar-refractivity contribution in [3.8, 4) is 0 Å². The molecule has 2 rings (SSSR count). The number of rotatable bonds is 7. The number of benzene rings is 1. The molecule has 0 heterocycles. The van der Waals surface area contributed by atoms with Crippen molar-refractivity contribution >= 4 is 10.0 Å². The summed E-state index contributed by atoms with van der Waals surface area (Å²) in [5, 5.41) is 0. The molecule has 5 nitrogen and oxygen atoms in total. The van der Waals surface area contributed by atoms with Crippen LogP contribution in [0.3, 0.4) is 0 Å². The molecular weight excluding hydrogens is 276 g/mol. The van der Waals surface area contributed by atoms with Crippen molar-refractivity contribution in [1.29, 1.82) is 0 Å². The van der Waals surface area contributed by atoms with Gasteiger partial charge in [-0.3, -0.25) is 0 Å². The first-order valence-electron chi connectivity index (χ1n) is 6.80. The molecule has 1 aromatic rings. The Balaban J connectivity index is 2.00. The molecule has 0 amide bonds. The summed E-state index contributed by atoms with van der Waals surface area (Å²) in [5.74, 6) is -0.0415. The fourth-order valence-corrected chi connectivity index (χ4v) is 3.69. The van der Waals surface area contributed by atoms with Gasteiger partial charge in [-0.15, -0.1) is 0 Å². The lowest BCUT2D eigenvalue weighted by molar-refractivity contribution is -0.0659. The minimum atomic E-state index is -3.37. The molecule has 0 unspecified atom stereocenters. The fraction of sp³-hybridized carbons (Fsp3) is 0.571. The van der Waals surface area contributed by atoms with E-state index in [9.17, 15) is 8.42 Å². The zero-order chi connectivity index (χ0) is 14.6. The van der Waals surface area contributed by atoms with Gasteiger partial charge in [0.1, 0.15) is 0 Å². The van der Waals surface area contributed by atoms with Gasteiger partial charge in [-0.05, 0) is 30.4 Å². The summed E-state index contributed by atoms with van der Waals surface area (Å²) in [7, 11) is -1.74. The number of methoxy groups -OCH3 is 1. The normalized spacial score (nSPS) is 17.7. The Bertz CT molecular complexity index is 548. The van der Waals surface area contributed by atoms with Gasteiger partial charge in [0.25, 0.3) is 0 Å². The van der Waals surface area contributed by atoms with Crippen LogP contribution in [0, 0.1) is 0 Å². The maximum absolute atomic E-state index is 12.2. The number of nitrogens with two attached hydrogens (primary N) is 1. The van der Waals surface area contributed by atoms with Gasteiger partial charge < -0.3 is 10.5 Å². The zero-order valence-electron chi connectivity index (χ0n) is 11.8. The first kappa shape index (κ1) is 15.4. The number of ether oxygens (including phenoxy) is 1. The van der Waals surface area contributed by atoms with E-state index >= 15 is 0 Å². The van der Waals surface area contributed by atoms with Crippen molar-refractivity contribution in [2.45, 2.75) is 37.2 Å². The molecule has 1 aromatic carbocycles. The average molecular weight is 298 g/mol. The smallest absolute Gasteiger partial charge is 0.215 e. The van der Waals surface area contributed by atoms with Crippen LogP contribution in [0.4, 0.5) is 0 Å². The van der Waals surface area contributed by atoms with Crippen LogP contribution in [-0.4, -0.2) is 27.7 Å². The second-order valence-corrected chi connectivity index (χ2v) is 7.10. The number of nitrogens with one attached hydrogen (secondary N) is 1. The van der Waals surface area contributed by atoms with E-state index in [0.717, 1.165) is 30.4 Å². The second kappa shape index (κ2) is 6.22. The third kappa shape index (κ3) is 3.58. The van der Waals surface area contributed by atoms with Crippen molar-refractivity contribution < 1.29 is 13.2 Å². The molecule has 3 N–H and O–H groups in total. The summed E-state index contributed by atoms with van der Waals surface area (Å²) in [5.41, 5.74) is 6.94. The van der Waals surface area contributed by atoms with Crippen LogP contribution in [-0.2, 0) is 27.1 Å². The molecule has 1 aliphatic carbocycles. The molecule has 1 fully saturated rings. The zero-order valence-corrected chi connectivity index (χ0v) is 12.6. The third-order valence-electron chi connectivity index (χ3n) is 4.00. The predicted molar refractivity (Wildman–Crippen MR) is 78.6 cm³/mol. The van der Waals surface area contributed by atoms with Crippen molar-refractivity contribution in [3.05, 3.63) is 35.4 Å². The van der Waals surface area contributed by atoms with E-state index in [2.05, 4.69) is 4.72 Å². The van der Waals surface area contributed by atoms with E-state index in [-0.39, 0.29) is 11.4 Å². The van der Waals surface area contributed by atoms with Gasteiger partial charge in [0.2, 0.25) is 10.0 Å². The van der Waals surface area contributed by atoms with Gasteiger partial charge in [-0.1, -0.05) is 24.3 Å². The van der Waals surface area contributed by atoms with E-state index in [1.807, 2.05) is 18.2 Å². The summed E-state index contributed by atoms with van der Waals surface area (Å²) in [6, 6.07) is 7.34. The fourth-order valence-electron chi connectivity index (χ4n) is 2.42. The summed E-state index contributed by atoms with van der Waals surface area (Å²) < 4.78 is 32.4. The molecule has 0 aliphatic heterocycles. The number of hydrogen-bond donors (Lipinski definition) is 2. The Morgan fingerprint density at radius 3 is 2.45 bits per heavy atom. The van der Waals surface area contributed by atoms with Crippen LogP contribution in [0.5, 0.6) is 0 Å². The molecular formula is C14H22N2O3S. The van der Waals surface area contributed by atoms with Crippen LogP contribution in [0.1, 0.15) is 30.4 Å². The molecule has 0 atom stereocenters. The largest absolute Gasteiger partial charge is 0.377 e. The Morgan fingerprint density at radius 2 is 1.95 bits per heavy atom. The van der Waals surface area contributed by atoms with E-state index in [0.29, 0.717) is 13.1 Å². The van der Waals surface area contributed by atoms with Gasteiger partial charge in [0.15, 0.2) is 0 Å². The molecule has 112 valence electrons. The Kier molecular flexibility index (Phi) is 4.80. The lowest BCUT2D eigenvalue weighted by Crippen LogP contribution is -2.49. The Labute approximate surface area is 120 Å². The summed E-state index contributed by atoms with van der Waals surface area (Å²) in [4.78, 5) is 0.